The highest BCUT2D eigenvalue weighted by atomic mass is 32.2. The number of sulfone groups is 1. The molecule has 0 radical (unpaired) electrons. The Bertz CT molecular complexity index is 1150. The molecule has 6 heteroatoms. The molecule has 1 fully saturated rings. The van der Waals surface area contributed by atoms with Crippen molar-refractivity contribution in [1.29, 1.82) is 0 Å². The molecule has 3 aromatic carbocycles. The van der Waals surface area contributed by atoms with E-state index in [1.165, 1.54) is 11.0 Å². The number of rotatable bonds is 4. The van der Waals surface area contributed by atoms with E-state index in [1.54, 1.807) is 79.9 Å². The first kappa shape index (κ1) is 19.0. The number of hydrogen-bond acceptors (Lipinski definition) is 4. The number of para-hydroxylation sites is 1. The smallest absolute Gasteiger partial charge is 0.271 e. The highest BCUT2D eigenvalue weighted by Gasteiger charge is 2.50. The Morgan fingerprint density at radius 1 is 0.862 bits per heavy atom. The van der Waals surface area contributed by atoms with Gasteiger partial charge in [0.25, 0.3) is 5.91 Å². The van der Waals surface area contributed by atoms with Gasteiger partial charge in [-0.25, -0.2) is 8.42 Å². The molecule has 1 atom stereocenters. The summed E-state index contributed by atoms with van der Waals surface area (Å²) in [7, 11) is -2.38. The van der Waals surface area contributed by atoms with E-state index in [4.69, 9.17) is 4.74 Å². The second-order valence-electron chi connectivity index (χ2n) is 6.60. The molecular formula is C23H19NO4S. The van der Waals surface area contributed by atoms with Crippen molar-refractivity contribution >= 4 is 27.5 Å². The van der Waals surface area contributed by atoms with Crippen molar-refractivity contribution < 1.29 is 17.9 Å². The average molecular weight is 405 g/mol. The van der Waals surface area contributed by atoms with Crippen molar-refractivity contribution in [3.05, 3.63) is 101 Å². The molecule has 1 saturated heterocycles. The zero-order valence-electron chi connectivity index (χ0n) is 15.7. The predicted molar refractivity (Wildman–Crippen MR) is 113 cm³/mol. The van der Waals surface area contributed by atoms with Gasteiger partial charge in [0.2, 0.25) is 9.84 Å². The summed E-state index contributed by atoms with van der Waals surface area (Å²) in [6.07, 6.45) is 1.43. The van der Waals surface area contributed by atoms with E-state index in [-0.39, 0.29) is 4.91 Å². The molecule has 0 spiro atoms. The molecule has 4 rings (SSSR count). The summed E-state index contributed by atoms with van der Waals surface area (Å²) in [6, 6.07) is 24.5. The van der Waals surface area contributed by atoms with E-state index >= 15 is 0 Å². The summed E-state index contributed by atoms with van der Waals surface area (Å²) >= 11 is 0. The molecule has 1 amide bonds. The number of carbonyl (C=O) groups excluding carboxylic acids is 1. The van der Waals surface area contributed by atoms with Crippen LogP contribution in [-0.4, -0.2) is 21.4 Å². The Morgan fingerprint density at radius 3 is 2.03 bits per heavy atom. The molecule has 146 valence electrons. The van der Waals surface area contributed by atoms with Gasteiger partial charge in [-0.3, -0.25) is 9.69 Å². The van der Waals surface area contributed by atoms with Gasteiger partial charge in [0.1, 0.15) is 10.7 Å². The van der Waals surface area contributed by atoms with Crippen LogP contribution in [-0.2, 0) is 14.6 Å². The topological polar surface area (TPSA) is 63.7 Å². The maximum absolute atomic E-state index is 13.5. The average Bonchev–Trinajstić information content (AvgIpc) is 2.95. The fourth-order valence-electron chi connectivity index (χ4n) is 3.39. The highest BCUT2D eigenvalue weighted by molar-refractivity contribution is 7.97. The third kappa shape index (κ3) is 3.43. The number of carbonyl (C=O) groups is 1. The Morgan fingerprint density at radius 2 is 1.45 bits per heavy atom. The Labute approximate surface area is 169 Å². The van der Waals surface area contributed by atoms with E-state index in [0.717, 1.165) is 0 Å². The first-order chi connectivity index (χ1) is 14.0. The van der Waals surface area contributed by atoms with Gasteiger partial charge in [-0.1, -0.05) is 60.7 Å². The molecule has 0 aliphatic carbocycles. The molecule has 0 N–H and O–H groups in total. The third-order valence-electron chi connectivity index (χ3n) is 4.80. The van der Waals surface area contributed by atoms with Crippen LogP contribution in [0.15, 0.2) is 89.8 Å². The summed E-state index contributed by atoms with van der Waals surface area (Å²) in [4.78, 5) is 14.4. The summed E-state index contributed by atoms with van der Waals surface area (Å²) in [5.41, 5.74) is 1.69. The molecule has 3 aromatic rings. The molecular weight excluding hydrogens is 386 g/mol. The largest absolute Gasteiger partial charge is 0.497 e. The van der Waals surface area contributed by atoms with E-state index in [0.29, 0.717) is 22.6 Å². The lowest BCUT2D eigenvalue weighted by Gasteiger charge is -2.23. The van der Waals surface area contributed by atoms with Crippen molar-refractivity contribution in [2.24, 2.45) is 0 Å². The molecule has 0 unspecified atom stereocenters. The zero-order chi connectivity index (χ0) is 20.4. The standard InChI is InChI=1S/C23H19NO4S/c1-28-20-14-12-17(13-15-20)16-21-22(25)24(19-10-6-3-7-11-19)23(29(21,26)27)18-8-4-2-5-9-18/h2-16,23H,1H3/b21-16+/t23-/m1/s1. The fourth-order valence-corrected chi connectivity index (χ4v) is 5.28. The number of methoxy groups -OCH3 is 1. The molecule has 1 aliphatic rings. The van der Waals surface area contributed by atoms with Gasteiger partial charge in [0.05, 0.1) is 7.11 Å². The van der Waals surface area contributed by atoms with Crippen molar-refractivity contribution in [3.8, 4) is 5.75 Å². The number of hydrogen-bond donors (Lipinski definition) is 0. The van der Waals surface area contributed by atoms with Gasteiger partial charge >= 0.3 is 0 Å². The SMILES string of the molecule is COc1ccc(/C=C2\C(=O)N(c3ccccc3)[C@@H](c3ccccc3)S2(=O)=O)cc1. The van der Waals surface area contributed by atoms with E-state index in [1.807, 2.05) is 12.1 Å². The minimum atomic E-state index is -3.94. The van der Waals surface area contributed by atoms with Crippen molar-refractivity contribution in [2.45, 2.75) is 5.37 Å². The van der Waals surface area contributed by atoms with Crippen molar-refractivity contribution in [3.63, 3.8) is 0 Å². The maximum Gasteiger partial charge on any atom is 0.271 e. The van der Waals surface area contributed by atoms with Crippen LogP contribution >= 0.6 is 0 Å². The molecule has 1 aliphatic heterocycles. The minimum absolute atomic E-state index is 0.222. The van der Waals surface area contributed by atoms with Crippen LogP contribution in [0.5, 0.6) is 5.75 Å². The third-order valence-corrected chi connectivity index (χ3v) is 6.77. The van der Waals surface area contributed by atoms with Gasteiger partial charge < -0.3 is 4.74 Å². The number of nitrogens with zero attached hydrogens (tertiary/aromatic N) is 1. The lowest BCUT2D eigenvalue weighted by Crippen LogP contribution is -2.28. The van der Waals surface area contributed by atoms with Crippen LogP contribution < -0.4 is 9.64 Å². The number of amides is 1. The van der Waals surface area contributed by atoms with E-state index < -0.39 is 21.1 Å². The van der Waals surface area contributed by atoms with E-state index in [9.17, 15) is 13.2 Å². The Kier molecular flexibility index (Phi) is 4.94. The Balaban J connectivity index is 1.87. The molecule has 0 aromatic heterocycles. The summed E-state index contributed by atoms with van der Waals surface area (Å²) in [6.45, 7) is 0. The normalized spacial score (nSPS) is 19.5. The number of benzene rings is 3. The van der Waals surface area contributed by atoms with Crippen LogP contribution in [0.1, 0.15) is 16.5 Å². The van der Waals surface area contributed by atoms with E-state index in [2.05, 4.69) is 0 Å². The van der Waals surface area contributed by atoms with Crippen LogP contribution in [0.25, 0.3) is 6.08 Å². The fraction of sp³-hybridized carbons (Fsp3) is 0.0870. The quantitative estimate of drug-likeness (QED) is 0.611. The lowest BCUT2D eigenvalue weighted by atomic mass is 10.1. The zero-order valence-corrected chi connectivity index (χ0v) is 16.5. The Hall–Kier alpha value is -3.38. The monoisotopic (exact) mass is 405 g/mol. The molecule has 1 heterocycles. The first-order valence-electron chi connectivity index (χ1n) is 9.05. The van der Waals surface area contributed by atoms with Gasteiger partial charge in [0, 0.05) is 5.69 Å². The van der Waals surface area contributed by atoms with Gasteiger partial charge in [0.15, 0.2) is 5.37 Å². The van der Waals surface area contributed by atoms with Gasteiger partial charge in [-0.2, -0.15) is 0 Å². The number of anilines is 1. The van der Waals surface area contributed by atoms with Crippen LogP contribution in [0.3, 0.4) is 0 Å². The summed E-state index contributed by atoms with van der Waals surface area (Å²) in [5, 5.41) is -1.11. The van der Waals surface area contributed by atoms with Crippen molar-refractivity contribution in [1.82, 2.24) is 0 Å². The highest BCUT2D eigenvalue weighted by Crippen LogP contribution is 2.43. The van der Waals surface area contributed by atoms with Crippen LogP contribution in [0.2, 0.25) is 0 Å². The number of ether oxygens (including phenoxy) is 1. The maximum atomic E-state index is 13.5. The van der Waals surface area contributed by atoms with Gasteiger partial charge in [-0.05, 0) is 41.5 Å². The van der Waals surface area contributed by atoms with Crippen LogP contribution in [0.4, 0.5) is 5.69 Å². The van der Waals surface area contributed by atoms with Crippen LogP contribution in [0, 0.1) is 0 Å². The molecule has 5 nitrogen and oxygen atoms in total. The summed E-state index contributed by atoms with van der Waals surface area (Å²) < 4.78 is 32.1. The second-order valence-corrected chi connectivity index (χ2v) is 8.58. The predicted octanol–water partition coefficient (Wildman–Crippen LogP) is 4.20. The van der Waals surface area contributed by atoms with Gasteiger partial charge in [-0.15, -0.1) is 0 Å². The molecule has 0 saturated carbocycles. The lowest BCUT2D eigenvalue weighted by molar-refractivity contribution is -0.114. The molecule has 0 bridgehead atoms. The first-order valence-corrected chi connectivity index (χ1v) is 10.6. The second kappa shape index (κ2) is 7.56. The molecule has 29 heavy (non-hydrogen) atoms. The van der Waals surface area contributed by atoms with Crippen molar-refractivity contribution in [2.75, 3.05) is 12.0 Å². The minimum Gasteiger partial charge on any atom is -0.497 e. The summed E-state index contributed by atoms with van der Waals surface area (Å²) in [5.74, 6) is 0.113.